The van der Waals surface area contributed by atoms with Crippen LogP contribution in [0.1, 0.15) is 5.56 Å². The first kappa shape index (κ1) is 17.9. The molecule has 0 bridgehead atoms. The SMILES string of the molecule is COc1cc(S(=O)(=O)/C=C/c2ccc3[nH]ccc3c2)cc(OC)c1OC. The van der Waals surface area contributed by atoms with E-state index in [-0.39, 0.29) is 16.4 Å². The van der Waals surface area contributed by atoms with Crippen LogP contribution in [0.2, 0.25) is 0 Å². The Bertz CT molecular complexity index is 1040. The summed E-state index contributed by atoms with van der Waals surface area (Å²) in [6, 6.07) is 10.4. The predicted octanol–water partition coefficient (Wildman–Crippen LogP) is 3.64. The number of aromatic nitrogens is 1. The van der Waals surface area contributed by atoms with Gasteiger partial charge in [-0.1, -0.05) is 6.07 Å². The summed E-state index contributed by atoms with van der Waals surface area (Å²) < 4.78 is 41.1. The van der Waals surface area contributed by atoms with Crippen LogP contribution in [0.4, 0.5) is 0 Å². The number of sulfone groups is 1. The lowest BCUT2D eigenvalue weighted by molar-refractivity contribution is 0.323. The van der Waals surface area contributed by atoms with E-state index < -0.39 is 9.84 Å². The van der Waals surface area contributed by atoms with Gasteiger partial charge in [0, 0.05) is 29.3 Å². The third-order valence-corrected chi connectivity index (χ3v) is 5.37. The summed E-state index contributed by atoms with van der Waals surface area (Å²) in [5.74, 6) is 0.913. The van der Waals surface area contributed by atoms with Crippen molar-refractivity contribution in [2.75, 3.05) is 21.3 Å². The van der Waals surface area contributed by atoms with Gasteiger partial charge in [0.05, 0.1) is 26.2 Å². The number of benzene rings is 2. The van der Waals surface area contributed by atoms with Gasteiger partial charge in [-0.3, -0.25) is 0 Å². The van der Waals surface area contributed by atoms with E-state index in [9.17, 15) is 8.42 Å². The molecule has 0 aliphatic rings. The third-order valence-electron chi connectivity index (χ3n) is 3.98. The zero-order valence-electron chi connectivity index (χ0n) is 14.6. The zero-order valence-corrected chi connectivity index (χ0v) is 15.5. The number of hydrogen-bond donors (Lipinski definition) is 1. The van der Waals surface area contributed by atoms with Crippen LogP contribution in [-0.4, -0.2) is 34.7 Å². The second-order valence-corrected chi connectivity index (χ2v) is 7.37. The Hall–Kier alpha value is -2.93. The lowest BCUT2D eigenvalue weighted by atomic mass is 10.1. The number of H-pyrrole nitrogens is 1. The summed E-state index contributed by atoms with van der Waals surface area (Å²) in [4.78, 5) is 3.16. The molecule has 0 saturated carbocycles. The van der Waals surface area contributed by atoms with Crippen molar-refractivity contribution in [2.24, 2.45) is 0 Å². The van der Waals surface area contributed by atoms with Gasteiger partial charge < -0.3 is 19.2 Å². The summed E-state index contributed by atoms with van der Waals surface area (Å²) >= 11 is 0. The Labute approximate surface area is 151 Å². The second-order valence-electron chi connectivity index (χ2n) is 5.53. The van der Waals surface area contributed by atoms with Crippen LogP contribution in [0, 0.1) is 0 Å². The summed E-state index contributed by atoms with van der Waals surface area (Å²) in [6.07, 6.45) is 3.40. The summed E-state index contributed by atoms with van der Waals surface area (Å²) in [6.45, 7) is 0. The van der Waals surface area contributed by atoms with E-state index in [4.69, 9.17) is 14.2 Å². The monoisotopic (exact) mass is 373 g/mol. The van der Waals surface area contributed by atoms with E-state index in [1.54, 1.807) is 6.08 Å². The first-order chi connectivity index (χ1) is 12.5. The molecule has 1 heterocycles. The summed E-state index contributed by atoms with van der Waals surface area (Å²) in [7, 11) is 0.652. The van der Waals surface area contributed by atoms with Crippen molar-refractivity contribution in [3.63, 3.8) is 0 Å². The van der Waals surface area contributed by atoms with E-state index in [1.807, 2.05) is 30.5 Å². The van der Waals surface area contributed by atoms with E-state index >= 15 is 0 Å². The maximum atomic E-state index is 12.7. The van der Waals surface area contributed by atoms with Crippen molar-refractivity contribution in [3.8, 4) is 17.2 Å². The normalized spacial score (nSPS) is 11.8. The van der Waals surface area contributed by atoms with Crippen molar-refractivity contribution in [2.45, 2.75) is 4.90 Å². The Kier molecular flexibility index (Phi) is 4.90. The number of nitrogens with one attached hydrogen (secondary N) is 1. The number of aromatic amines is 1. The van der Waals surface area contributed by atoms with Gasteiger partial charge in [0.25, 0.3) is 0 Å². The predicted molar refractivity (Wildman–Crippen MR) is 101 cm³/mol. The molecule has 2 aromatic carbocycles. The molecular formula is C19H19NO5S. The van der Waals surface area contributed by atoms with Crippen LogP contribution in [0.25, 0.3) is 17.0 Å². The highest BCUT2D eigenvalue weighted by atomic mass is 32.2. The number of fused-ring (bicyclic) bond motifs is 1. The summed E-state index contributed by atoms with van der Waals surface area (Å²) in [5, 5.41) is 2.18. The Morgan fingerprint density at radius 1 is 0.923 bits per heavy atom. The smallest absolute Gasteiger partial charge is 0.203 e. The lowest BCUT2D eigenvalue weighted by Crippen LogP contribution is -2.01. The minimum Gasteiger partial charge on any atom is -0.493 e. The maximum absolute atomic E-state index is 12.7. The Balaban J connectivity index is 1.99. The Morgan fingerprint density at radius 2 is 1.62 bits per heavy atom. The molecular weight excluding hydrogens is 354 g/mol. The zero-order chi connectivity index (χ0) is 18.7. The van der Waals surface area contributed by atoms with Crippen LogP contribution >= 0.6 is 0 Å². The molecule has 0 atom stereocenters. The van der Waals surface area contributed by atoms with Gasteiger partial charge >= 0.3 is 0 Å². The van der Waals surface area contributed by atoms with E-state index in [2.05, 4.69) is 4.98 Å². The van der Waals surface area contributed by atoms with Crippen LogP contribution in [0.3, 0.4) is 0 Å². The molecule has 0 spiro atoms. The topological polar surface area (TPSA) is 77.6 Å². The third kappa shape index (κ3) is 3.39. The molecule has 0 radical (unpaired) electrons. The van der Waals surface area contributed by atoms with Gasteiger partial charge in [-0.15, -0.1) is 0 Å². The van der Waals surface area contributed by atoms with Gasteiger partial charge in [-0.05, 0) is 35.2 Å². The molecule has 26 heavy (non-hydrogen) atoms. The van der Waals surface area contributed by atoms with E-state index in [0.29, 0.717) is 5.75 Å². The van der Waals surface area contributed by atoms with E-state index in [1.165, 1.54) is 38.9 Å². The molecule has 0 saturated heterocycles. The number of hydrogen-bond acceptors (Lipinski definition) is 5. The molecule has 136 valence electrons. The highest BCUT2D eigenvalue weighted by Crippen LogP contribution is 2.39. The first-order valence-corrected chi connectivity index (χ1v) is 9.33. The van der Waals surface area contributed by atoms with Gasteiger partial charge in [0.1, 0.15) is 0 Å². The van der Waals surface area contributed by atoms with Crippen LogP contribution in [0.5, 0.6) is 17.2 Å². The molecule has 3 aromatic rings. The van der Waals surface area contributed by atoms with Gasteiger partial charge in [-0.25, -0.2) is 8.42 Å². The van der Waals surface area contributed by atoms with E-state index in [0.717, 1.165) is 16.5 Å². The molecule has 0 aliphatic carbocycles. The van der Waals surface area contributed by atoms with Gasteiger partial charge in [0.2, 0.25) is 5.75 Å². The molecule has 0 amide bonds. The van der Waals surface area contributed by atoms with Crippen molar-refractivity contribution in [3.05, 3.63) is 53.6 Å². The van der Waals surface area contributed by atoms with Gasteiger partial charge in [-0.2, -0.15) is 0 Å². The Morgan fingerprint density at radius 3 is 2.23 bits per heavy atom. The first-order valence-electron chi connectivity index (χ1n) is 7.79. The second kappa shape index (κ2) is 7.13. The number of rotatable bonds is 6. The van der Waals surface area contributed by atoms with Crippen LogP contribution < -0.4 is 14.2 Å². The average Bonchev–Trinajstić information content (AvgIpc) is 3.12. The van der Waals surface area contributed by atoms with Crippen molar-refractivity contribution in [1.29, 1.82) is 0 Å². The lowest BCUT2D eigenvalue weighted by Gasteiger charge is -2.13. The molecule has 0 aliphatic heterocycles. The number of methoxy groups -OCH3 is 3. The quantitative estimate of drug-likeness (QED) is 0.714. The fourth-order valence-electron chi connectivity index (χ4n) is 2.64. The maximum Gasteiger partial charge on any atom is 0.203 e. The number of ether oxygens (including phenoxy) is 3. The molecule has 7 heteroatoms. The summed E-state index contributed by atoms with van der Waals surface area (Å²) in [5.41, 5.74) is 1.78. The highest BCUT2D eigenvalue weighted by molar-refractivity contribution is 7.94. The average molecular weight is 373 g/mol. The molecule has 0 fully saturated rings. The molecule has 1 N–H and O–H groups in total. The highest BCUT2D eigenvalue weighted by Gasteiger charge is 2.19. The molecule has 1 aromatic heterocycles. The molecule has 3 rings (SSSR count). The van der Waals surface area contributed by atoms with Crippen LogP contribution in [0.15, 0.2) is 52.9 Å². The largest absolute Gasteiger partial charge is 0.493 e. The minimum atomic E-state index is -3.69. The molecule has 0 unspecified atom stereocenters. The fourth-order valence-corrected chi connectivity index (χ4v) is 3.68. The fraction of sp³-hybridized carbons (Fsp3) is 0.158. The minimum absolute atomic E-state index is 0.0611. The molecule has 6 nitrogen and oxygen atoms in total. The van der Waals surface area contributed by atoms with Crippen LogP contribution in [-0.2, 0) is 9.84 Å². The van der Waals surface area contributed by atoms with Gasteiger partial charge in [0.15, 0.2) is 21.3 Å². The van der Waals surface area contributed by atoms with Crippen molar-refractivity contribution >= 4 is 26.8 Å². The standard InChI is InChI=1S/C19H19NO5S/c1-23-17-11-15(12-18(24-2)19(17)25-3)26(21,22)9-7-13-4-5-16-14(10-13)6-8-20-16/h4-12,20H,1-3H3/b9-7+. The van der Waals surface area contributed by atoms with Crippen molar-refractivity contribution in [1.82, 2.24) is 4.98 Å². The van der Waals surface area contributed by atoms with Crippen molar-refractivity contribution < 1.29 is 22.6 Å².